The van der Waals surface area contributed by atoms with Crippen molar-refractivity contribution in [2.24, 2.45) is 4.99 Å². The Morgan fingerprint density at radius 2 is 1.86 bits per heavy atom. The maximum Gasteiger partial charge on any atom is 0.239 e. The molecule has 0 bridgehead atoms. The van der Waals surface area contributed by atoms with Crippen LogP contribution in [0.1, 0.15) is 39.2 Å². The number of rotatable bonds is 5. The van der Waals surface area contributed by atoms with Crippen LogP contribution in [0, 0.1) is 0 Å². The van der Waals surface area contributed by atoms with E-state index in [4.69, 9.17) is 14.2 Å². The molecule has 0 radical (unpaired) electrons. The van der Waals surface area contributed by atoms with Crippen LogP contribution in [0.4, 0.5) is 0 Å². The summed E-state index contributed by atoms with van der Waals surface area (Å²) in [6, 6.07) is 6.15. The summed E-state index contributed by atoms with van der Waals surface area (Å²) >= 11 is 0. The Labute approximate surface area is 172 Å². The smallest absolute Gasteiger partial charge is 0.239 e. The van der Waals surface area contributed by atoms with Gasteiger partial charge in [-0.15, -0.1) is 0 Å². The highest BCUT2D eigenvalue weighted by Crippen LogP contribution is 2.40. The van der Waals surface area contributed by atoms with Gasteiger partial charge in [0.05, 0.1) is 6.54 Å². The summed E-state index contributed by atoms with van der Waals surface area (Å²) in [4.78, 5) is 16.3. The van der Waals surface area contributed by atoms with Crippen LogP contribution in [0.15, 0.2) is 23.2 Å². The minimum atomic E-state index is -0.263. The van der Waals surface area contributed by atoms with Gasteiger partial charge < -0.3 is 30.2 Å². The molecule has 3 rings (SSSR count). The summed E-state index contributed by atoms with van der Waals surface area (Å²) in [6.45, 7) is 8.38. The largest absolute Gasteiger partial charge is 0.454 e. The Bertz CT molecular complexity index is 752. The molecule has 8 nitrogen and oxygen atoms in total. The number of amides is 1. The maximum absolute atomic E-state index is 12.1. The molecule has 2 aliphatic heterocycles. The Hall–Kier alpha value is -2.48. The number of fused-ring (bicyclic) bond motifs is 1. The second kappa shape index (κ2) is 8.90. The Morgan fingerprint density at radius 3 is 2.55 bits per heavy atom. The van der Waals surface area contributed by atoms with E-state index in [-0.39, 0.29) is 30.2 Å². The number of benzene rings is 1. The van der Waals surface area contributed by atoms with Crippen LogP contribution in [0.3, 0.4) is 0 Å². The third kappa shape index (κ3) is 5.53. The molecule has 0 saturated carbocycles. The molecule has 1 saturated heterocycles. The van der Waals surface area contributed by atoms with Gasteiger partial charge in [-0.25, -0.2) is 0 Å². The molecule has 0 unspecified atom stereocenters. The van der Waals surface area contributed by atoms with Crippen LogP contribution < -0.4 is 25.4 Å². The van der Waals surface area contributed by atoms with Crippen LogP contribution >= 0.6 is 0 Å². The van der Waals surface area contributed by atoms with Gasteiger partial charge in [0.15, 0.2) is 17.5 Å². The molecule has 2 heterocycles. The summed E-state index contributed by atoms with van der Waals surface area (Å²) in [5.74, 6) is 2.10. The Balaban J connectivity index is 1.65. The molecule has 3 N–H and O–H groups in total. The number of carbonyl (C=O) groups excluding carboxylic acids is 1. The summed E-state index contributed by atoms with van der Waals surface area (Å²) < 4.78 is 16.6. The number of carbonyl (C=O) groups is 1. The second-order valence-electron chi connectivity index (χ2n) is 8.54. The molecule has 0 spiro atoms. The first kappa shape index (κ1) is 21.2. The highest BCUT2D eigenvalue weighted by molar-refractivity contribution is 5.86. The van der Waals surface area contributed by atoms with Gasteiger partial charge in [0.2, 0.25) is 12.7 Å². The van der Waals surface area contributed by atoms with E-state index >= 15 is 0 Å². The van der Waals surface area contributed by atoms with Crippen LogP contribution in [0.25, 0.3) is 0 Å². The van der Waals surface area contributed by atoms with Gasteiger partial charge in [-0.05, 0) is 51.3 Å². The summed E-state index contributed by atoms with van der Waals surface area (Å²) in [5.41, 5.74) is 0.824. The lowest BCUT2D eigenvalue weighted by Crippen LogP contribution is -2.51. The van der Waals surface area contributed by atoms with E-state index < -0.39 is 0 Å². The number of hydrogen-bond donors (Lipinski definition) is 3. The van der Waals surface area contributed by atoms with Gasteiger partial charge in [0.1, 0.15) is 0 Å². The van der Waals surface area contributed by atoms with Crippen molar-refractivity contribution in [2.75, 3.05) is 40.1 Å². The molecule has 1 amide bonds. The van der Waals surface area contributed by atoms with E-state index in [0.29, 0.717) is 25.7 Å². The molecular weight excluding hydrogens is 372 g/mol. The zero-order valence-electron chi connectivity index (χ0n) is 17.8. The van der Waals surface area contributed by atoms with Crippen LogP contribution in [-0.4, -0.2) is 57.5 Å². The van der Waals surface area contributed by atoms with E-state index in [1.165, 1.54) is 5.56 Å². The summed E-state index contributed by atoms with van der Waals surface area (Å²) in [5, 5.41) is 9.42. The third-order valence-corrected chi connectivity index (χ3v) is 5.18. The van der Waals surface area contributed by atoms with E-state index in [0.717, 1.165) is 24.3 Å². The van der Waals surface area contributed by atoms with E-state index in [9.17, 15) is 4.79 Å². The molecule has 1 fully saturated rings. The lowest BCUT2D eigenvalue weighted by molar-refractivity contribution is -0.121. The van der Waals surface area contributed by atoms with Crippen molar-refractivity contribution in [2.45, 2.75) is 44.6 Å². The van der Waals surface area contributed by atoms with Crippen molar-refractivity contribution in [3.63, 3.8) is 0 Å². The van der Waals surface area contributed by atoms with Gasteiger partial charge >= 0.3 is 0 Å². The first-order valence-corrected chi connectivity index (χ1v) is 10.0. The van der Waals surface area contributed by atoms with Gasteiger partial charge in [0.25, 0.3) is 0 Å². The highest BCUT2D eigenvalue weighted by atomic mass is 16.7. The lowest BCUT2D eigenvalue weighted by atomic mass is 9.74. The predicted octanol–water partition coefficient (Wildman–Crippen LogP) is 1.54. The van der Waals surface area contributed by atoms with Gasteiger partial charge in [-0.3, -0.25) is 9.79 Å². The van der Waals surface area contributed by atoms with Crippen molar-refractivity contribution < 1.29 is 19.0 Å². The normalized spacial score (nSPS) is 18.3. The molecule has 0 atom stereocenters. The first-order chi connectivity index (χ1) is 13.8. The predicted molar refractivity (Wildman–Crippen MR) is 112 cm³/mol. The third-order valence-electron chi connectivity index (χ3n) is 5.18. The molecule has 160 valence electrons. The summed E-state index contributed by atoms with van der Waals surface area (Å²) in [7, 11) is 1.70. The zero-order valence-corrected chi connectivity index (χ0v) is 17.8. The van der Waals surface area contributed by atoms with E-state index in [1.807, 2.05) is 26.8 Å². The molecular formula is C21H32N4O4. The molecule has 0 aliphatic carbocycles. The molecule has 1 aromatic rings. The Morgan fingerprint density at radius 1 is 1.14 bits per heavy atom. The SMILES string of the molecule is CN=C(NCC(=O)NC(C)(C)C)NCC1(c2ccc3c(c2)OCO3)CCOCC1. The Kier molecular flexibility index (Phi) is 6.52. The van der Waals surface area contributed by atoms with Crippen molar-refractivity contribution in [3.8, 4) is 11.5 Å². The minimum Gasteiger partial charge on any atom is -0.454 e. The van der Waals surface area contributed by atoms with Crippen molar-refractivity contribution >= 4 is 11.9 Å². The highest BCUT2D eigenvalue weighted by Gasteiger charge is 2.36. The topological polar surface area (TPSA) is 93.2 Å². The number of nitrogens with one attached hydrogen (secondary N) is 3. The number of ether oxygens (including phenoxy) is 3. The number of hydrogen-bond acceptors (Lipinski definition) is 5. The standard InChI is InChI=1S/C21H32N4O4/c1-20(2,3)25-18(26)12-23-19(22-4)24-13-21(7-9-27-10-8-21)15-5-6-16-17(11-15)29-14-28-16/h5-6,11H,7-10,12-14H2,1-4H3,(H,25,26)(H2,22,23,24). The van der Waals surface area contributed by atoms with Gasteiger partial charge in [-0.1, -0.05) is 6.07 Å². The van der Waals surface area contributed by atoms with Crippen molar-refractivity contribution in [3.05, 3.63) is 23.8 Å². The summed E-state index contributed by atoms with van der Waals surface area (Å²) in [6.07, 6.45) is 1.78. The fraction of sp³-hybridized carbons (Fsp3) is 0.619. The van der Waals surface area contributed by atoms with Crippen LogP contribution in [0.2, 0.25) is 0 Å². The van der Waals surface area contributed by atoms with Gasteiger partial charge in [-0.2, -0.15) is 0 Å². The molecule has 1 aromatic carbocycles. The maximum atomic E-state index is 12.1. The average Bonchev–Trinajstić information content (AvgIpc) is 3.15. The number of aliphatic imine (C=N–C) groups is 1. The van der Waals surface area contributed by atoms with Crippen molar-refractivity contribution in [1.82, 2.24) is 16.0 Å². The monoisotopic (exact) mass is 404 g/mol. The minimum absolute atomic E-state index is 0.0722. The molecule has 29 heavy (non-hydrogen) atoms. The van der Waals surface area contributed by atoms with Gasteiger partial charge in [0, 0.05) is 37.8 Å². The number of nitrogens with zero attached hydrogens (tertiary/aromatic N) is 1. The van der Waals surface area contributed by atoms with Crippen LogP contribution in [-0.2, 0) is 14.9 Å². The van der Waals surface area contributed by atoms with Crippen LogP contribution in [0.5, 0.6) is 11.5 Å². The van der Waals surface area contributed by atoms with E-state index in [1.54, 1.807) is 7.05 Å². The average molecular weight is 405 g/mol. The molecule has 8 heteroatoms. The fourth-order valence-corrected chi connectivity index (χ4v) is 3.66. The van der Waals surface area contributed by atoms with E-state index in [2.05, 4.69) is 33.1 Å². The number of guanidine groups is 1. The second-order valence-corrected chi connectivity index (χ2v) is 8.54. The van der Waals surface area contributed by atoms with Crippen molar-refractivity contribution in [1.29, 1.82) is 0 Å². The molecule has 0 aromatic heterocycles. The zero-order chi connectivity index (χ0) is 20.9. The fourth-order valence-electron chi connectivity index (χ4n) is 3.66. The lowest BCUT2D eigenvalue weighted by Gasteiger charge is -2.38. The molecule has 2 aliphatic rings. The quantitative estimate of drug-likeness (QED) is 0.509. The first-order valence-electron chi connectivity index (χ1n) is 10.0.